The van der Waals surface area contributed by atoms with Crippen LogP contribution < -0.4 is 16.0 Å². The Morgan fingerprint density at radius 3 is 2.80 bits per heavy atom. The molecule has 0 bridgehead atoms. The van der Waals surface area contributed by atoms with Crippen LogP contribution in [-0.2, 0) is 0 Å². The van der Waals surface area contributed by atoms with Gasteiger partial charge >= 0.3 is 11.6 Å². The van der Waals surface area contributed by atoms with Crippen molar-refractivity contribution >= 4 is 11.5 Å². The minimum absolute atomic E-state index is 0.128. The maximum absolute atomic E-state index is 11.0. The van der Waals surface area contributed by atoms with E-state index in [0.29, 0.717) is 5.75 Å². The lowest BCUT2D eigenvalue weighted by Gasteiger charge is -2.05. The molecule has 0 aromatic carbocycles. The van der Waals surface area contributed by atoms with Crippen molar-refractivity contribution < 1.29 is 9.66 Å². The van der Waals surface area contributed by atoms with Crippen LogP contribution in [0.4, 0.5) is 11.5 Å². The quantitative estimate of drug-likeness (QED) is 0.474. The van der Waals surface area contributed by atoms with Gasteiger partial charge in [-0.05, 0) is 13.8 Å². The van der Waals surface area contributed by atoms with Crippen LogP contribution in [0.3, 0.4) is 0 Å². The van der Waals surface area contributed by atoms with Gasteiger partial charge in [0.05, 0.1) is 17.3 Å². The van der Waals surface area contributed by atoms with Gasteiger partial charge in [0.15, 0.2) is 5.75 Å². The van der Waals surface area contributed by atoms with Crippen molar-refractivity contribution in [2.24, 2.45) is 5.84 Å². The predicted molar refractivity (Wildman–Crippen MR) is 69.2 cm³/mol. The molecule has 0 radical (unpaired) electrons. The van der Waals surface area contributed by atoms with Crippen LogP contribution in [-0.4, -0.2) is 24.7 Å². The van der Waals surface area contributed by atoms with Gasteiger partial charge in [-0.3, -0.25) is 14.8 Å². The molecular weight excluding hydrogens is 266 g/mol. The third kappa shape index (κ3) is 2.64. The molecule has 3 N–H and O–H groups in total. The molecule has 2 heterocycles. The van der Waals surface area contributed by atoms with Gasteiger partial charge in [-0.15, -0.1) is 0 Å². The number of aromatic nitrogens is 4. The van der Waals surface area contributed by atoms with E-state index in [-0.39, 0.29) is 17.7 Å². The van der Waals surface area contributed by atoms with E-state index >= 15 is 0 Å². The summed E-state index contributed by atoms with van der Waals surface area (Å²) in [5.74, 6) is 5.18. The molecular formula is C10H13N7O3. The first-order valence-corrected chi connectivity index (χ1v) is 5.71. The zero-order valence-corrected chi connectivity index (χ0v) is 10.8. The molecule has 2 aromatic rings. The van der Waals surface area contributed by atoms with E-state index in [9.17, 15) is 10.1 Å². The third-order valence-corrected chi connectivity index (χ3v) is 2.43. The number of nitrogens with two attached hydrogens (primary N) is 1. The first-order chi connectivity index (χ1) is 9.52. The minimum Gasteiger partial charge on any atom is -0.430 e. The van der Waals surface area contributed by atoms with Crippen LogP contribution >= 0.6 is 0 Å². The Morgan fingerprint density at radius 2 is 2.25 bits per heavy atom. The molecule has 2 aromatic heterocycles. The summed E-state index contributed by atoms with van der Waals surface area (Å²) in [5, 5.41) is 15.1. The highest BCUT2D eigenvalue weighted by Gasteiger charge is 2.24. The maximum Gasteiger partial charge on any atom is 0.374 e. The van der Waals surface area contributed by atoms with Crippen molar-refractivity contribution in [2.75, 3.05) is 5.43 Å². The molecule has 0 fully saturated rings. The zero-order valence-electron chi connectivity index (χ0n) is 10.8. The summed E-state index contributed by atoms with van der Waals surface area (Å²) in [6.45, 7) is 3.89. The number of hydrogen-bond donors (Lipinski definition) is 2. The van der Waals surface area contributed by atoms with Crippen LogP contribution in [0.2, 0.25) is 0 Å². The average molecular weight is 279 g/mol. The monoisotopic (exact) mass is 279 g/mol. The van der Waals surface area contributed by atoms with Gasteiger partial charge in [0.1, 0.15) is 6.33 Å². The van der Waals surface area contributed by atoms with Gasteiger partial charge in [0, 0.05) is 6.04 Å². The summed E-state index contributed by atoms with van der Waals surface area (Å²) in [6.07, 6.45) is 4.18. The molecule has 10 nitrogen and oxygen atoms in total. The molecule has 0 saturated heterocycles. The normalized spacial score (nSPS) is 10.6. The van der Waals surface area contributed by atoms with Gasteiger partial charge in [0.2, 0.25) is 5.82 Å². The number of nitrogen functional groups attached to an aromatic ring is 1. The summed E-state index contributed by atoms with van der Waals surface area (Å²) in [6, 6.07) is 0.147. The SMILES string of the molecule is CC(C)n1cc(Oc2ncnc(NN)c2[N+](=O)[O-])cn1. The first kappa shape index (κ1) is 13.7. The molecule has 20 heavy (non-hydrogen) atoms. The van der Waals surface area contributed by atoms with Crippen molar-refractivity contribution in [2.45, 2.75) is 19.9 Å². The smallest absolute Gasteiger partial charge is 0.374 e. The molecule has 0 aliphatic rings. The molecule has 2 rings (SSSR count). The zero-order chi connectivity index (χ0) is 14.7. The van der Waals surface area contributed by atoms with Crippen LogP contribution in [0, 0.1) is 10.1 Å². The predicted octanol–water partition coefficient (Wildman–Crippen LogP) is 1.24. The molecule has 0 saturated carbocycles. The largest absolute Gasteiger partial charge is 0.430 e. The topological polar surface area (TPSA) is 134 Å². The van der Waals surface area contributed by atoms with Crippen LogP contribution in [0.1, 0.15) is 19.9 Å². The van der Waals surface area contributed by atoms with E-state index in [2.05, 4.69) is 20.5 Å². The second-order valence-electron chi connectivity index (χ2n) is 4.13. The highest BCUT2D eigenvalue weighted by Crippen LogP contribution is 2.33. The third-order valence-electron chi connectivity index (χ3n) is 2.43. The van der Waals surface area contributed by atoms with Crippen molar-refractivity contribution in [3.8, 4) is 11.6 Å². The van der Waals surface area contributed by atoms with Crippen molar-refractivity contribution in [3.05, 3.63) is 28.8 Å². The number of anilines is 1. The first-order valence-electron chi connectivity index (χ1n) is 5.71. The Bertz CT molecular complexity index is 625. The molecule has 0 aliphatic carbocycles. The Hall–Kier alpha value is -2.75. The Labute approximate surface area is 113 Å². The Kier molecular flexibility index (Phi) is 3.75. The molecule has 0 spiro atoms. The second kappa shape index (κ2) is 5.48. The average Bonchev–Trinajstić information content (AvgIpc) is 2.86. The lowest BCUT2D eigenvalue weighted by molar-refractivity contribution is -0.385. The number of nitrogens with one attached hydrogen (secondary N) is 1. The summed E-state index contributed by atoms with van der Waals surface area (Å²) in [5.41, 5.74) is 1.70. The molecule has 0 unspecified atom stereocenters. The van der Waals surface area contributed by atoms with Crippen molar-refractivity contribution in [1.82, 2.24) is 19.7 Å². The number of nitrogens with zero attached hydrogens (tertiary/aromatic N) is 5. The van der Waals surface area contributed by atoms with Crippen LogP contribution in [0.15, 0.2) is 18.7 Å². The van der Waals surface area contributed by atoms with Gasteiger partial charge in [-0.1, -0.05) is 0 Å². The summed E-state index contributed by atoms with van der Waals surface area (Å²) >= 11 is 0. The van der Waals surface area contributed by atoms with E-state index in [1.807, 2.05) is 13.8 Å². The van der Waals surface area contributed by atoms with E-state index in [1.54, 1.807) is 10.9 Å². The number of ether oxygens (including phenoxy) is 1. The number of nitro groups is 1. The van der Waals surface area contributed by atoms with Crippen molar-refractivity contribution in [3.63, 3.8) is 0 Å². The standard InChI is InChI=1S/C10H13N7O3/c1-6(2)16-4-7(3-14-16)20-10-8(17(18)19)9(15-11)12-5-13-10/h3-6H,11H2,1-2H3,(H,12,13,15). The fourth-order valence-corrected chi connectivity index (χ4v) is 1.47. The molecule has 10 heteroatoms. The van der Waals surface area contributed by atoms with E-state index in [4.69, 9.17) is 10.6 Å². The van der Waals surface area contributed by atoms with E-state index < -0.39 is 10.6 Å². The summed E-state index contributed by atoms with van der Waals surface area (Å²) in [7, 11) is 0. The van der Waals surface area contributed by atoms with Gasteiger partial charge in [-0.2, -0.15) is 10.1 Å². The van der Waals surface area contributed by atoms with Crippen LogP contribution in [0.25, 0.3) is 0 Å². The summed E-state index contributed by atoms with van der Waals surface area (Å²) in [4.78, 5) is 17.8. The summed E-state index contributed by atoms with van der Waals surface area (Å²) < 4.78 is 7.03. The van der Waals surface area contributed by atoms with Gasteiger partial charge in [0.25, 0.3) is 0 Å². The maximum atomic E-state index is 11.0. The highest BCUT2D eigenvalue weighted by atomic mass is 16.6. The Balaban J connectivity index is 2.35. The van der Waals surface area contributed by atoms with Crippen molar-refractivity contribution in [1.29, 1.82) is 0 Å². The second-order valence-corrected chi connectivity index (χ2v) is 4.13. The lowest BCUT2D eigenvalue weighted by Crippen LogP contribution is -2.12. The van der Waals surface area contributed by atoms with Crippen LogP contribution in [0.5, 0.6) is 11.6 Å². The van der Waals surface area contributed by atoms with Gasteiger partial charge < -0.3 is 10.2 Å². The molecule has 0 aliphatic heterocycles. The molecule has 0 atom stereocenters. The van der Waals surface area contributed by atoms with Gasteiger partial charge in [-0.25, -0.2) is 10.8 Å². The lowest BCUT2D eigenvalue weighted by atomic mass is 10.4. The number of rotatable bonds is 5. The molecule has 0 amide bonds. The van der Waals surface area contributed by atoms with E-state index in [1.165, 1.54) is 6.20 Å². The Morgan fingerprint density at radius 1 is 1.50 bits per heavy atom. The fraction of sp³-hybridized carbons (Fsp3) is 0.300. The highest BCUT2D eigenvalue weighted by molar-refractivity contribution is 5.60. The number of hydrazine groups is 1. The fourth-order valence-electron chi connectivity index (χ4n) is 1.47. The number of hydrogen-bond acceptors (Lipinski definition) is 8. The van der Waals surface area contributed by atoms with E-state index in [0.717, 1.165) is 6.33 Å². The molecule has 106 valence electrons. The minimum atomic E-state index is -0.669.